The molecule has 1 amide bonds. The van der Waals surface area contributed by atoms with E-state index in [0.29, 0.717) is 22.7 Å². The minimum Gasteiger partial charge on any atom is -0.490 e. The molecular formula is C29H28N4O2S. The van der Waals surface area contributed by atoms with Gasteiger partial charge in [-0.25, -0.2) is 5.01 Å². The van der Waals surface area contributed by atoms with E-state index in [1.165, 1.54) is 35.7 Å². The summed E-state index contributed by atoms with van der Waals surface area (Å²) < 4.78 is 6.15. The van der Waals surface area contributed by atoms with E-state index in [1.54, 1.807) is 5.01 Å². The Morgan fingerprint density at radius 2 is 1.75 bits per heavy atom. The van der Waals surface area contributed by atoms with Gasteiger partial charge in [-0.2, -0.15) is 0 Å². The Hall–Kier alpha value is -3.58. The summed E-state index contributed by atoms with van der Waals surface area (Å²) in [5.41, 5.74) is 3.89. The number of nitrogens with zero attached hydrogens (tertiary/aromatic N) is 3. The molecule has 6 nitrogen and oxygen atoms in total. The number of hydrogen-bond acceptors (Lipinski definition) is 6. The van der Waals surface area contributed by atoms with E-state index in [0.717, 1.165) is 34.7 Å². The summed E-state index contributed by atoms with van der Waals surface area (Å²) in [5.74, 6) is 1.43. The number of carbonyl (C=O) groups is 1. The van der Waals surface area contributed by atoms with Gasteiger partial charge in [0.15, 0.2) is 11.3 Å². The van der Waals surface area contributed by atoms with Crippen molar-refractivity contribution in [2.75, 3.05) is 0 Å². The number of thioether (sulfide) groups is 1. The summed E-state index contributed by atoms with van der Waals surface area (Å²) in [4.78, 5) is 18.3. The van der Waals surface area contributed by atoms with Crippen molar-refractivity contribution in [2.24, 2.45) is 10.1 Å². The fourth-order valence-electron chi connectivity index (χ4n) is 4.86. The third-order valence-electron chi connectivity index (χ3n) is 6.79. The second kappa shape index (κ2) is 9.82. The van der Waals surface area contributed by atoms with Crippen molar-refractivity contribution in [3.05, 3.63) is 100 Å². The highest BCUT2D eigenvalue weighted by molar-refractivity contribution is 8.13. The number of ether oxygens (including phenoxy) is 1. The van der Waals surface area contributed by atoms with Crippen molar-refractivity contribution in [1.29, 1.82) is 0 Å². The molecule has 182 valence electrons. The molecule has 2 aliphatic heterocycles. The monoisotopic (exact) mass is 496 g/mol. The molecule has 0 radical (unpaired) electrons. The van der Waals surface area contributed by atoms with E-state index in [4.69, 9.17) is 14.8 Å². The molecular weight excluding hydrogens is 468 g/mol. The number of aryl methyl sites for hydroxylation is 1. The topological polar surface area (TPSA) is 66.3 Å². The summed E-state index contributed by atoms with van der Waals surface area (Å²) in [6.07, 6.45) is 4.59. The number of carbonyl (C=O) groups excluding carboxylic acids is 1. The van der Waals surface area contributed by atoms with Crippen molar-refractivity contribution in [2.45, 2.75) is 50.6 Å². The molecule has 0 aromatic heterocycles. The molecule has 6 rings (SSSR count). The fraction of sp³-hybridized carbons (Fsp3) is 0.276. The summed E-state index contributed by atoms with van der Waals surface area (Å²) in [5, 5.41) is 11.8. The summed E-state index contributed by atoms with van der Waals surface area (Å²) in [6.45, 7) is 2.07. The van der Waals surface area contributed by atoms with E-state index in [1.807, 2.05) is 48.5 Å². The lowest BCUT2D eigenvalue weighted by atomic mass is 10.1. The number of hydrazone groups is 1. The standard InChI is InChI=1S/C29H28N4O2S/c1-19-10-12-20(13-11-19)18-36-29-31-28(34)26-24-8-4-5-9-25(24)30-27(33(26)32-29)21-14-16-23(17-15-21)35-22-6-2-3-7-22/h4-5,8-17,22,27H,2-3,6-7,18H2,1H3,(H,31,32,34)/t27-/m1/s1. The Morgan fingerprint density at radius 1 is 1.00 bits per heavy atom. The Kier molecular flexibility index (Phi) is 6.23. The largest absolute Gasteiger partial charge is 0.490 e. The summed E-state index contributed by atoms with van der Waals surface area (Å²) >= 11 is 1.52. The quantitative estimate of drug-likeness (QED) is 0.569. The van der Waals surface area contributed by atoms with E-state index in [9.17, 15) is 4.79 Å². The van der Waals surface area contributed by atoms with Gasteiger partial charge < -0.3 is 4.74 Å². The van der Waals surface area contributed by atoms with Gasteiger partial charge in [0, 0.05) is 11.0 Å². The molecule has 1 atom stereocenters. The minimum atomic E-state index is -0.434. The number of rotatable bonds is 5. The lowest BCUT2D eigenvalue weighted by Crippen LogP contribution is -2.50. The third-order valence-corrected chi connectivity index (χ3v) is 7.73. The van der Waals surface area contributed by atoms with Crippen LogP contribution in [0.15, 0.2) is 82.9 Å². The highest BCUT2D eigenvalue weighted by Gasteiger charge is 2.34. The van der Waals surface area contributed by atoms with Crippen LogP contribution in [-0.4, -0.2) is 22.2 Å². The summed E-state index contributed by atoms with van der Waals surface area (Å²) in [7, 11) is 0. The Balaban J connectivity index is 1.32. The lowest BCUT2D eigenvalue weighted by Gasteiger charge is -2.34. The van der Waals surface area contributed by atoms with Crippen LogP contribution in [0.5, 0.6) is 5.75 Å². The number of benzene rings is 3. The minimum absolute atomic E-state index is 0.162. The zero-order valence-corrected chi connectivity index (χ0v) is 21.0. The zero-order chi connectivity index (χ0) is 24.5. The van der Waals surface area contributed by atoms with Crippen LogP contribution in [0.1, 0.15) is 48.5 Å². The molecule has 3 aromatic rings. The first kappa shape index (κ1) is 22.9. The van der Waals surface area contributed by atoms with Gasteiger partial charge in [0.05, 0.1) is 11.5 Å². The SMILES string of the molecule is Cc1ccc(CSC2=NN3C(=c4ccccc4=N[C@H]3c3ccc(OC4CCCC4)cc3)C(=O)N2)cc1. The maximum Gasteiger partial charge on any atom is 0.276 e. The maximum atomic E-state index is 13.3. The average molecular weight is 497 g/mol. The van der Waals surface area contributed by atoms with Crippen molar-refractivity contribution in [3.8, 4) is 5.75 Å². The number of nitrogens with one attached hydrogen (secondary N) is 1. The Labute approximate surface area is 214 Å². The van der Waals surface area contributed by atoms with Gasteiger partial charge in [-0.05, 0) is 61.9 Å². The van der Waals surface area contributed by atoms with E-state index in [2.05, 4.69) is 36.5 Å². The highest BCUT2D eigenvalue weighted by Crippen LogP contribution is 2.32. The molecule has 2 heterocycles. The first-order valence-corrected chi connectivity index (χ1v) is 13.4. The molecule has 1 aliphatic carbocycles. The van der Waals surface area contributed by atoms with Crippen LogP contribution >= 0.6 is 11.8 Å². The molecule has 1 fully saturated rings. The number of amidine groups is 1. The van der Waals surface area contributed by atoms with E-state index >= 15 is 0 Å². The molecule has 0 unspecified atom stereocenters. The van der Waals surface area contributed by atoms with Crippen molar-refractivity contribution in [1.82, 2.24) is 10.3 Å². The molecule has 0 spiro atoms. The zero-order valence-electron chi connectivity index (χ0n) is 20.2. The van der Waals surface area contributed by atoms with Gasteiger partial charge in [-0.3, -0.25) is 15.1 Å². The predicted octanol–water partition coefficient (Wildman–Crippen LogP) is 4.39. The van der Waals surface area contributed by atoms with Crippen LogP contribution in [0.3, 0.4) is 0 Å². The first-order chi connectivity index (χ1) is 17.6. The third kappa shape index (κ3) is 4.63. The molecule has 36 heavy (non-hydrogen) atoms. The second-order valence-corrected chi connectivity index (χ2v) is 10.4. The molecule has 7 heteroatoms. The lowest BCUT2D eigenvalue weighted by molar-refractivity contribution is -0.116. The number of fused-ring (bicyclic) bond motifs is 2. The summed E-state index contributed by atoms with van der Waals surface area (Å²) in [6, 6.07) is 24.2. The van der Waals surface area contributed by atoms with Crippen molar-refractivity contribution >= 4 is 28.5 Å². The van der Waals surface area contributed by atoms with Crippen LogP contribution < -0.4 is 20.6 Å². The van der Waals surface area contributed by atoms with Gasteiger partial charge >= 0.3 is 0 Å². The second-order valence-electron chi connectivity index (χ2n) is 9.44. The highest BCUT2D eigenvalue weighted by atomic mass is 32.2. The molecule has 3 aromatic carbocycles. The molecule has 1 saturated carbocycles. The first-order valence-electron chi connectivity index (χ1n) is 12.5. The van der Waals surface area contributed by atoms with E-state index < -0.39 is 6.17 Å². The van der Waals surface area contributed by atoms with Gasteiger partial charge in [0.1, 0.15) is 11.4 Å². The van der Waals surface area contributed by atoms with Crippen LogP contribution in [0, 0.1) is 6.92 Å². The van der Waals surface area contributed by atoms with Crippen LogP contribution in [0.4, 0.5) is 0 Å². The Morgan fingerprint density at radius 3 is 2.53 bits per heavy atom. The number of para-hydroxylation sites is 1. The van der Waals surface area contributed by atoms with Crippen LogP contribution in [-0.2, 0) is 10.5 Å². The van der Waals surface area contributed by atoms with Crippen LogP contribution in [0.2, 0.25) is 0 Å². The van der Waals surface area contributed by atoms with Gasteiger partial charge in [-0.1, -0.05) is 71.9 Å². The molecule has 3 aliphatic rings. The van der Waals surface area contributed by atoms with Gasteiger partial charge in [0.2, 0.25) is 0 Å². The molecule has 0 saturated heterocycles. The van der Waals surface area contributed by atoms with Crippen LogP contribution in [0.25, 0.3) is 5.70 Å². The van der Waals surface area contributed by atoms with Crippen molar-refractivity contribution < 1.29 is 9.53 Å². The Bertz CT molecular complexity index is 1430. The van der Waals surface area contributed by atoms with E-state index in [-0.39, 0.29) is 5.91 Å². The molecule has 1 N–H and O–H groups in total. The predicted molar refractivity (Wildman–Crippen MR) is 143 cm³/mol. The fourth-order valence-corrected chi connectivity index (χ4v) is 5.67. The number of hydrogen-bond donors (Lipinski definition) is 1. The smallest absolute Gasteiger partial charge is 0.276 e. The molecule has 0 bridgehead atoms. The maximum absolute atomic E-state index is 13.3. The normalized spacial score (nSPS) is 19.2. The van der Waals surface area contributed by atoms with Gasteiger partial charge in [0.25, 0.3) is 5.91 Å². The van der Waals surface area contributed by atoms with Gasteiger partial charge in [-0.15, -0.1) is 5.10 Å². The average Bonchev–Trinajstić information content (AvgIpc) is 3.41. The van der Waals surface area contributed by atoms with Crippen molar-refractivity contribution in [3.63, 3.8) is 0 Å². The number of amides is 1.